The molecule has 0 bridgehead atoms. The minimum absolute atomic E-state index is 0.232. The van der Waals surface area contributed by atoms with Crippen LogP contribution in [0.4, 0.5) is 4.39 Å². The Kier molecular flexibility index (Phi) is 7.11. The Labute approximate surface area is 201 Å². The molecule has 5 rings (SSSR count). The molecule has 0 aliphatic carbocycles. The lowest BCUT2D eigenvalue weighted by atomic mass is 9.93. The first kappa shape index (κ1) is 23.2. The number of halogens is 1. The predicted molar refractivity (Wildman–Crippen MR) is 133 cm³/mol. The van der Waals surface area contributed by atoms with Gasteiger partial charge in [0.15, 0.2) is 0 Å². The number of benzene rings is 1. The first-order chi connectivity index (χ1) is 16.6. The van der Waals surface area contributed by atoms with Crippen LogP contribution in [0.25, 0.3) is 22.4 Å². The number of aryl methyl sites for hydroxylation is 1. The highest BCUT2D eigenvalue weighted by atomic mass is 19.1. The largest absolute Gasteiger partial charge is 0.478 e. The van der Waals surface area contributed by atoms with Gasteiger partial charge in [-0.15, -0.1) is 0 Å². The molecule has 182 valence electrons. The molecule has 0 radical (unpaired) electrons. The van der Waals surface area contributed by atoms with Gasteiger partial charge in [0.25, 0.3) is 0 Å². The van der Waals surface area contributed by atoms with Crippen LogP contribution in [0.15, 0.2) is 24.4 Å². The summed E-state index contributed by atoms with van der Waals surface area (Å²) in [4.78, 5) is 17.6. The number of imidazole rings is 1. The van der Waals surface area contributed by atoms with Gasteiger partial charge in [0, 0.05) is 29.9 Å². The monoisotopic (exact) mass is 465 g/mol. The molecule has 0 spiro atoms. The highest BCUT2D eigenvalue weighted by molar-refractivity contribution is 5.82. The van der Waals surface area contributed by atoms with Crippen molar-refractivity contribution in [3.05, 3.63) is 41.3 Å². The van der Waals surface area contributed by atoms with Crippen molar-refractivity contribution in [1.82, 2.24) is 24.8 Å². The van der Waals surface area contributed by atoms with Gasteiger partial charge < -0.3 is 14.6 Å². The summed E-state index contributed by atoms with van der Waals surface area (Å²) in [7, 11) is 2.21. The van der Waals surface area contributed by atoms with E-state index in [1.165, 1.54) is 51.3 Å². The number of piperidine rings is 1. The molecule has 2 saturated heterocycles. The van der Waals surface area contributed by atoms with Gasteiger partial charge in [0.1, 0.15) is 11.6 Å². The first-order valence-corrected chi connectivity index (χ1v) is 12.7. The van der Waals surface area contributed by atoms with E-state index in [1.807, 2.05) is 6.20 Å². The number of rotatable bonds is 8. The van der Waals surface area contributed by atoms with E-state index in [0.717, 1.165) is 54.4 Å². The van der Waals surface area contributed by atoms with Crippen LogP contribution in [0.5, 0.6) is 5.88 Å². The molecule has 1 aromatic carbocycles. The third-order valence-corrected chi connectivity index (χ3v) is 7.50. The molecule has 0 unspecified atom stereocenters. The average Bonchev–Trinajstić information content (AvgIpc) is 3.51. The molecule has 2 fully saturated rings. The summed E-state index contributed by atoms with van der Waals surface area (Å²) in [6, 6.07) is 5.32. The third kappa shape index (κ3) is 5.26. The van der Waals surface area contributed by atoms with Gasteiger partial charge in [-0.05, 0) is 102 Å². The predicted octanol–water partition coefficient (Wildman–Crippen LogP) is 5.17. The number of hydrogen-bond acceptors (Lipinski definition) is 5. The van der Waals surface area contributed by atoms with Crippen LogP contribution in [-0.2, 0) is 6.54 Å². The molecule has 1 N–H and O–H groups in total. The zero-order valence-electron chi connectivity index (χ0n) is 20.4. The van der Waals surface area contributed by atoms with E-state index in [0.29, 0.717) is 23.6 Å². The van der Waals surface area contributed by atoms with Gasteiger partial charge in [0.2, 0.25) is 5.88 Å². The number of likely N-dealkylation sites (tertiary alicyclic amines) is 2. The molecule has 2 aliphatic heterocycles. The van der Waals surface area contributed by atoms with Crippen molar-refractivity contribution in [2.75, 3.05) is 39.8 Å². The highest BCUT2D eigenvalue weighted by Gasteiger charge is 2.19. The van der Waals surface area contributed by atoms with Crippen molar-refractivity contribution in [2.24, 2.45) is 5.92 Å². The normalized spacial score (nSPS) is 18.2. The Bertz CT molecular complexity index is 1120. The summed E-state index contributed by atoms with van der Waals surface area (Å²) in [5, 5.41) is 0. The minimum atomic E-state index is -0.232. The summed E-state index contributed by atoms with van der Waals surface area (Å²) in [5.41, 5.74) is 4.20. The maximum absolute atomic E-state index is 14.1. The fourth-order valence-corrected chi connectivity index (χ4v) is 5.29. The summed E-state index contributed by atoms with van der Waals surface area (Å²) in [5.74, 6) is 2.01. The van der Waals surface area contributed by atoms with Crippen molar-refractivity contribution in [2.45, 2.75) is 52.0 Å². The van der Waals surface area contributed by atoms with Gasteiger partial charge in [-0.1, -0.05) is 0 Å². The molecule has 0 amide bonds. The lowest BCUT2D eigenvalue weighted by Crippen LogP contribution is -2.30. The second kappa shape index (κ2) is 10.4. The van der Waals surface area contributed by atoms with E-state index in [2.05, 4.69) is 32.9 Å². The average molecular weight is 466 g/mol. The van der Waals surface area contributed by atoms with Crippen LogP contribution >= 0.6 is 0 Å². The maximum atomic E-state index is 14.1. The summed E-state index contributed by atoms with van der Waals surface area (Å²) in [6.45, 7) is 7.95. The number of fused-ring (bicyclic) bond motifs is 1. The van der Waals surface area contributed by atoms with E-state index in [4.69, 9.17) is 9.72 Å². The summed E-state index contributed by atoms with van der Waals surface area (Å²) < 4.78 is 20.1. The molecule has 34 heavy (non-hydrogen) atoms. The van der Waals surface area contributed by atoms with Crippen molar-refractivity contribution < 1.29 is 9.13 Å². The SMILES string of the molecule is Cc1c(F)ccc2[nH]c(-c3cnc(OCCCC4CCN(C)CC4)cc3CN3CCCC3)nc12. The van der Waals surface area contributed by atoms with Crippen molar-refractivity contribution in [1.29, 1.82) is 0 Å². The van der Waals surface area contributed by atoms with Crippen molar-refractivity contribution in [3.63, 3.8) is 0 Å². The standard InChI is InChI=1S/C27H36FN5O/c1-19-23(28)7-8-24-26(19)31-27(30-24)22-17-29-25(16-21(22)18-33-11-3-4-12-33)34-15-5-6-20-9-13-32(2)14-10-20/h7-8,16-17,20H,3-6,9-15,18H2,1-2H3,(H,30,31). The Hall–Kier alpha value is -2.51. The Morgan fingerprint density at radius 2 is 1.94 bits per heavy atom. The van der Waals surface area contributed by atoms with Crippen LogP contribution in [0.3, 0.4) is 0 Å². The van der Waals surface area contributed by atoms with Gasteiger partial charge in [-0.25, -0.2) is 14.4 Å². The molecule has 0 atom stereocenters. The topological polar surface area (TPSA) is 57.3 Å². The molecule has 4 heterocycles. The molecule has 2 aromatic heterocycles. The quantitative estimate of drug-likeness (QED) is 0.465. The van der Waals surface area contributed by atoms with Crippen LogP contribution in [0.2, 0.25) is 0 Å². The number of nitrogens with one attached hydrogen (secondary N) is 1. The zero-order valence-corrected chi connectivity index (χ0v) is 20.4. The van der Waals surface area contributed by atoms with Gasteiger partial charge in [-0.3, -0.25) is 4.90 Å². The number of pyridine rings is 1. The molecule has 7 heteroatoms. The van der Waals surface area contributed by atoms with Gasteiger partial charge in [0.05, 0.1) is 17.6 Å². The summed E-state index contributed by atoms with van der Waals surface area (Å²) >= 11 is 0. The minimum Gasteiger partial charge on any atom is -0.478 e. The number of aromatic amines is 1. The molecular formula is C27H36FN5O. The van der Waals surface area contributed by atoms with E-state index in [9.17, 15) is 4.39 Å². The molecule has 2 aliphatic rings. The lowest BCUT2D eigenvalue weighted by molar-refractivity contribution is 0.199. The smallest absolute Gasteiger partial charge is 0.213 e. The second-order valence-electron chi connectivity index (χ2n) is 10.1. The first-order valence-electron chi connectivity index (χ1n) is 12.7. The maximum Gasteiger partial charge on any atom is 0.213 e. The van der Waals surface area contributed by atoms with Gasteiger partial charge >= 0.3 is 0 Å². The van der Waals surface area contributed by atoms with Crippen LogP contribution < -0.4 is 4.74 Å². The van der Waals surface area contributed by atoms with E-state index >= 15 is 0 Å². The highest BCUT2D eigenvalue weighted by Crippen LogP contribution is 2.29. The van der Waals surface area contributed by atoms with Crippen molar-refractivity contribution in [3.8, 4) is 17.3 Å². The number of hydrogen-bond donors (Lipinski definition) is 1. The van der Waals surface area contributed by atoms with Crippen molar-refractivity contribution >= 4 is 11.0 Å². The number of H-pyrrole nitrogens is 1. The van der Waals surface area contributed by atoms with E-state index in [-0.39, 0.29) is 5.82 Å². The van der Waals surface area contributed by atoms with Crippen LogP contribution in [0.1, 0.15) is 49.7 Å². The molecule has 6 nitrogen and oxygen atoms in total. The van der Waals surface area contributed by atoms with Crippen LogP contribution in [0, 0.1) is 18.7 Å². The molecular weight excluding hydrogens is 429 g/mol. The van der Waals surface area contributed by atoms with Crippen LogP contribution in [-0.4, -0.2) is 64.6 Å². The third-order valence-electron chi connectivity index (χ3n) is 7.50. The van der Waals surface area contributed by atoms with Gasteiger partial charge in [-0.2, -0.15) is 0 Å². The summed E-state index contributed by atoms with van der Waals surface area (Å²) in [6.07, 6.45) is 9.22. The fraction of sp³-hybridized carbons (Fsp3) is 0.556. The molecule has 3 aromatic rings. The Morgan fingerprint density at radius 3 is 2.74 bits per heavy atom. The molecule has 0 saturated carbocycles. The Balaban J connectivity index is 1.31. The second-order valence-corrected chi connectivity index (χ2v) is 10.1. The number of nitrogens with zero attached hydrogens (tertiary/aromatic N) is 4. The number of ether oxygens (including phenoxy) is 1. The lowest BCUT2D eigenvalue weighted by Gasteiger charge is -2.28. The zero-order chi connectivity index (χ0) is 23.5. The fourth-order valence-electron chi connectivity index (χ4n) is 5.29. The van der Waals surface area contributed by atoms with E-state index < -0.39 is 0 Å². The number of aromatic nitrogens is 3. The van der Waals surface area contributed by atoms with E-state index in [1.54, 1.807) is 13.0 Å². The Morgan fingerprint density at radius 1 is 1.15 bits per heavy atom.